The van der Waals surface area contributed by atoms with Crippen molar-refractivity contribution in [2.75, 3.05) is 20.4 Å². The first-order chi connectivity index (χ1) is 13.6. The number of benzene rings is 2. The van der Waals surface area contributed by atoms with Gasteiger partial charge >= 0.3 is 6.61 Å². The number of aryl methyl sites for hydroxylation is 1. The number of ether oxygens (including phenoxy) is 3. The molecule has 0 saturated heterocycles. The van der Waals surface area contributed by atoms with Crippen molar-refractivity contribution in [1.82, 2.24) is 10.6 Å². The van der Waals surface area contributed by atoms with Gasteiger partial charge in [0.2, 0.25) is 6.79 Å². The van der Waals surface area contributed by atoms with Gasteiger partial charge in [-0.1, -0.05) is 24.3 Å². The van der Waals surface area contributed by atoms with Crippen molar-refractivity contribution in [3.63, 3.8) is 0 Å². The van der Waals surface area contributed by atoms with E-state index in [0.717, 1.165) is 6.42 Å². The molecule has 3 rings (SSSR count). The van der Waals surface area contributed by atoms with E-state index < -0.39 is 6.61 Å². The highest BCUT2D eigenvalue weighted by Gasteiger charge is 2.20. The summed E-state index contributed by atoms with van der Waals surface area (Å²) in [7, 11) is 1.65. The second-order valence-electron chi connectivity index (χ2n) is 6.22. The fourth-order valence-corrected chi connectivity index (χ4v) is 2.91. The van der Waals surface area contributed by atoms with E-state index in [1.54, 1.807) is 13.1 Å². The Morgan fingerprint density at radius 3 is 2.61 bits per heavy atom. The molecule has 0 bridgehead atoms. The molecule has 0 aliphatic carbocycles. The molecule has 8 heteroatoms. The van der Waals surface area contributed by atoms with E-state index in [2.05, 4.69) is 39.4 Å². The summed E-state index contributed by atoms with van der Waals surface area (Å²) in [5, 5.41) is 6.33. The Hall–Kier alpha value is -3.03. The van der Waals surface area contributed by atoms with Crippen LogP contribution in [0.3, 0.4) is 0 Å². The smallest absolute Gasteiger partial charge is 0.387 e. The van der Waals surface area contributed by atoms with Gasteiger partial charge < -0.3 is 24.8 Å². The Balaban J connectivity index is 1.59. The summed E-state index contributed by atoms with van der Waals surface area (Å²) in [5.41, 5.74) is 3.02. The molecule has 28 heavy (non-hydrogen) atoms. The molecule has 6 nitrogen and oxygen atoms in total. The number of alkyl halides is 2. The molecule has 0 fully saturated rings. The van der Waals surface area contributed by atoms with Crippen LogP contribution in [0.2, 0.25) is 0 Å². The highest BCUT2D eigenvalue weighted by Crippen LogP contribution is 2.38. The zero-order chi connectivity index (χ0) is 19.9. The molecule has 2 aromatic rings. The minimum Gasteiger partial charge on any atom is -0.454 e. The third-order valence-electron chi connectivity index (χ3n) is 4.39. The van der Waals surface area contributed by atoms with Crippen molar-refractivity contribution >= 4 is 5.96 Å². The number of aliphatic imine (C=N–C) groups is 1. The average molecular weight is 391 g/mol. The van der Waals surface area contributed by atoms with E-state index in [1.165, 1.54) is 17.2 Å². The fraction of sp³-hybridized carbons (Fsp3) is 0.350. The third-order valence-corrected chi connectivity index (χ3v) is 4.39. The SMILES string of the molecule is CN=C(NCCc1ccccc1C)NCc1cc2c(cc1OC(F)F)OCO2. The number of nitrogens with zero attached hydrogens (tertiary/aromatic N) is 1. The van der Waals surface area contributed by atoms with E-state index in [-0.39, 0.29) is 19.1 Å². The van der Waals surface area contributed by atoms with Gasteiger partial charge in [-0.05, 0) is 30.5 Å². The van der Waals surface area contributed by atoms with Gasteiger partial charge in [-0.25, -0.2) is 0 Å². The van der Waals surface area contributed by atoms with Crippen LogP contribution in [0.1, 0.15) is 16.7 Å². The largest absolute Gasteiger partial charge is 0.454 e. The number of hydrogen-bond donors (Lipinski definition) is 2. The van der Waals surface area contributed by atoms with Crippen LogP contribution in [0, 0.1) is 6.92 Å². The van der Waals surface area contributed by atoms with Crippen molar-refractivity contribution < 1.29 is 23.0 Å². The van der Waals surface area contributed by atoms with E-state index in [4.69, 9.17) is 9.47 Å². The number of fused-ring (bicyclic) bond motifs is 1. The maximum absolute atomic E-state index is 12.7. The van der Waals surface area contributed by atoms with Crippen LogP contribution in [0.25, 0.3) is 0 Å². The number of guanidine groups is 1. The normalized spacial score (nSPS) is 13.0. The molecule has 0 atom stereocenters. The van der Waals surface area contributed by atoms with Crippen LogP contribution in [0.4, 0.5) is 8.78 Å². The second-order valence-corrected chi connectivity index (χ2v) is 6.22. The molecular weight excluding hydrogens is 368 g/mol. The average Bonchev–Trinajstić information content (AvgIpc) is 3.12. The minimum absolute atomic E-state index is 0.0436. The van der Waals surface area contributed by atoms with E-state index >= 15 is 0 Å². The summed E-state index contributed by atoms with van der Waals surface area (Å²) in [6, 6.07) is 11.2. The lowest BCUT2D eigenvalue weighted by atomic mass is 10.1. The Bertz CT molecular complexity index is 843. The minimum atomic E-state index is -2.93. The Morgan fingerprint density at radius 2 is 1.89 bits per heavy atom. The molecule has 0 amide bonds. The van der Waals surface area contributed by atoms with Crippen LogP contribution in [-0.2, 0) is 13.0 Å². The molecule has 2 N–H and O–H groups in total. The van der Waals surface area contributed by atoms with Crippen LogP contribution >= 0.6 is 0 Å². The first-order valence-corrected chi connectivity index (χ1v) is 8.93. The molecule has 0 spiro atoms. The molecule has 0 unspecified atom stereocenters. The molecule has 150 valence electrons. The van der Waals surface area contributed by atoms with Crippen molar-refractivity contribution in [3.8, 4) is 17.2 Å². The predicted octanol–water partition coefficient (Wildman–Crippen LogP) is 3.23. The number of nitrogens with one attached hydrogen (secondary N) is 2. The summed E-state index contributed by atoms with van der Waals surface area (Å²) >= 11 is 0. The van der Waals surface area contributed by atoms with Gasteiger partial charge in [0.1, 0.15) is 5.75 Å². The number of hydrogen-bond acceptors (Lipinski definition) is 4. The van der Waals surface area contributed by atoms with Crippen LogP contribution in [0.5, 0.6) is 17.2 Å². The van der Waals surface area contributed by atoms with Gasteiger partial charge in [0.15, 0.2) is 17.5 Å². The molecular formula is C20H23F2N3O3. The first-order valence-electron chi connectivity index (χ1n) is 8.93. The monoisotopic (exact) mass is 391 g/mol. The number of rotatable bonds is 7. The van der Waals surface area contributed by atoms with E-state index in [1.807, 2.05) is 12.1 Å². The van der Waals surface area contributed by atoms with Crippen molar-refractivity contribution in [2.24, 2.45) is 4.99 Å². The summed E-state index contributed by atoms with van der Waals surface area (Å²) in [4.78, 5) is 4.17. The van der Waals surface area contributed by atoms with E-state index in [9.17, 15) is 8.78 Å². The highest BCUT2D eigenvalue weighted by molar-refractivity contribution is 5.79. The van der Waals surface area contributed by atoms with Crippen molar-refractivity contribution in [3.05, 3.63) is 53.1 Å². The van der Waals surface area contributed by atoms with Gasteiger partial charge in [0, 0.05) is 31.8 Å². The lowest BCUT2D eigenvalue weighted by Gasteiger charge is -2.15. The summed E-state index contributed by atoms with van der Waals surface area (Å²) < 4.78 is 40.6. The Morgan fingerprint density at radius 1 is 1.14 bits per heavy atom. The summed E-state index contributed by atoms with van der Waals surface area (Å²) in [5.74, 6) is 1.50. The third kappa shape index (κ3) is 5.03. The van der Waals surface area contributed by atoms with Gasteiger partial charge in [0.25, 0.3) is 0 Å². The quantitative estimate of drug-likeness (QED) is 0.561. The Kier molecular flexibility index (Phi) is 6.52. The van der Waals surface area contributed by atoms with Crippen LogP contribution in [-0.4, -0.2) is 33.0 Å². The van der Waals surface area contributed by atoms with Gasteiger partial charge in [-0.3, -0.25) is 4.99 Å². The standard InChI is InChI=1S/C20H23F2N3O3/c1-13-5-3-4-6-14(13)7-8-24-20(23-2)25-11-15-9-17-18(27-12-26-17)10-16(15)28-19(21)22/h3-6,9-10,19H,7-8,11-12H2,1-2H3,(H2,23,24,25). The van der Waals surface area contributed by atoms with Crippen molar-refractivity contribution in [2.45, 2.75) is 26.5 Å². The number of halogens is 2. The topological polar surface area (TPSA) is 64.1 Å². The second kappa shape index (κ2) is 9.25. The maximum atomic E-state index is 12.7. The molecule has 0 radical (unpaired) electrons. The Labute approximate surface area is 162 Å². The predicted molar refractivity (Wildman–Crippen MR) is 102 cm³/mol. The van der Waals surface area contributed by atoms with Gasteiger partial charge in [0.05, 0.1) is 0 Å². The summed E-state index contributed by atoms with van der Waals surface area (Å²) in [6.07, 6.45) is 0.844. The van der Waals surface area contributed by atoms with Crippen LogP contribution < -0.4 is 24.8 Å². The van der Waals surface area contributed by atoms with Gasteiger partial charge in [-0.15, -0.1) is 0 Å². The molecule has 1 aliphatic rings. The molecule has 1 aliphatic heterocycles. The molecule has 2 aromatic carbocycles. The van der Waals surface area contributed by atoms with Gasteiger partial charge in [-0.2, -0.15) is 8.78 Å². The first kappa shape index (κ1) is 19.7. The lowest BCUT2D eigenvalue weighted by molar-refractivity contribution is -0.0505. The van der Waals surface area contributed by atoms with Crippen LogP contribution in [0.15, 0.2) is 41.4 Å². The zero-order valence-corrected chi connectivity index (χ0v) is 15.8. The molecule has 1 heterocycles. The fourth-order valence-electron chi connectivity index (χ4n) is 2.91. The maximum Gasteiger partial charge on any atom is 0.387 e. The highest BCUT2D eigenvalue weighted by atomic mass is 19.3. The van der Waals surface area contributed by atoms with Crippen molar-refractivity contribution in [1.29, 1.82) is 0 Å². The van der Waals surface area contributed by atoms with E-state index in [0.29, 0.717) is 29.6 Å². The summed E-state index contributed by atoms with van der Waals surface area (Å²) in [6.45, 7) is 0.134. The zero-order valence-electron chi connectivity index (χ0n) is 15.8. The molecule has 0 saturated carbocycles. The lowest BCUT2D eigenvalue weighted by Crippen LogP contribution is -2.38. The molecule has 0 aromatic heterocycles.